The van der Waals surface area contributed by atoms with Gasteiger partial charge in [-0.2, -0.15) is 0 Å². The molecule has 0 radical (unpaired) electrons. The first-order valence-corrected chi connectivity index (χ1v) is 9.10. The van der Waals surface area contributed by atoms with E-state index < -0.39 is 18.5 Å². The summed E-state index contributed by atoms with van der Waals surface area (Å²) < 4.78 is 4.96. The Labute approximate surface area is 162 Å². The quantitative estimate of drug-likeness (QED) is 0.645. The van der Waals surface area contributed by atoms with Crippen molar-refractivity contribution >= 4 is 41.0 Å². The number of rotatable bonds is 8. The molecule has 1 aliphatic heterocycles. The van der Waals surface area contributed by atoms with Gasteiger partial charge in [-0.3, -0.25) is 14.4 Å². The largest absolute Gasteiger partial charge is 0.452 e. The Kier molecular flexibility index (Phi) is 7.60. The molecule has 0 spiro atoms. The molecule has 0 bridgehead atoms. The highest BCUT2D eigenvalue weighted by atomic mass is 35.5. The van der Waals surface area contributed by atoms with Gasteiger partial charge in [-0.25, -0.2) is 4.79 Å². The lowest BCUT2D eigenvalue weighted by Crippen LogP contribution is -2.38. The Balaban J connectivity index is 1.88. The molecule has 1 aromatic rings. The number of nitrogens with one attached hydrogen (secondary N) is 2. The minimum Gasteiger partial charge on any atom is -0.452 e. The van der Waals surface area contributed by atoms with E-state index >= 15 is 0 Å². The number of anilines is 1. The van der Waals surface area contributed by atoms with E-state index in [1.807, 2.05) is 6.92 Å². The van der Waals surface area contributed by atoms with Gasteiger partial charge in [0.2, 0.25) is 11.8 Å². The lowest BCUT2D eigenvalue weighted by atomic mass is 10.2. The van der Waals surface area contributed by atoms with Crippen molar-refractivity contribution in [3.05, 3.63) is 28.8 Å². The van der Waals surface area contributed by atoms with Crippen molar-refractivity contribution in [2.24, 2.45) is 0 Å². The number of amides is 3. The van der Waals surface area contributed by atoms with Crippen molar-refractivity contribution < 1.29 is 23.9 Å². The van der Waals surface area contributed by atoms with Crippen molar-refractivity contribution in [3.63, 3.8) is 0 Å². The van der Waals surface area contributed by atoms with Crippen LogP contribution in [0.2, 0.25) is 5.02 Å². The SMILES string of the molecule is CCCNC(=O)CNC(=O)COC(=O)c1ccc(Cl)c(N2CCCC2=O)c1. The van der Waals surface area contributed by atoms with Gasteiger partial charge in [-0.1, -0.05) is 18.5 Å². The number of carbonyl (C=O) groups is 4. The average Bonchev–Trinajstić information content (AvgIpc) is 3.08. The van der Waals surface area contributed by atoms with Crippen LogP contribution in [0.5, 0.6) is 0 Å². The van der Waals surface area contributed by atoms with Crippen LogP contribution in [0.3, 0.4) is 0 Å². The van der Waals surface area contributed by atoms with E-state index in [-0.39, 0.29) is 23.9 Å². The number of esters is 1. The molecule has 8 nitrogen and oxygen atoms in total. The molecule has 1 saturated heterocycles. The minimum atomic E-state index is -0.717. The standard InChI is InChI=1S/C18H22ClN3O5/c1-2-7-20-15(23)10-21-16(24)11-27-18(26)12-5-6-13(19)14(9-12)22-8-3-4-17(22)25/h5-6,9H,2-4,7-8,10-11H2,1H3,(H,20,23)(H,21,24). The predicted octanol–water partition coefficient (Wildman–Crippen LogP) is 1.27. The van der Waals surface area contributed by atoms with Gasteiger partial charge in [-0.05, 0) is 31.0 Å². The highest BCUT2D eigenvalue weighted by Crippen LogP contribution is 2.30. The zero-order valence-corrected chi connectivity index (χ0v) is 15.8. The molecule has 9 heteroatoms. The second-order valence-corrected chi connectivity index (χ2v) is 6.43. The molecule has 1 aromatic carbocycles. The maximum absolute atomic E-state index is 12.2. The van der Waals surface area contributed by atoms with Gasteiger partial charge in [-0.15, -0.1) is 0 Å². The van der Waals surface area contributed by atoms with Gasteiger partial charge in [0, 0.05) is 19.5 Å². The molecule has 146 valence electrons. The Morgan fingerprint density at radius 3 is 2.67 bits per heavy atom. The smallest absolute Gasteiger partial charge is 0.338 e. The van der Waals surface area contributed by atoms with E-state index in [4.69, 9.17) is 16.3 Å². The van der Waals surface area contributed by atoms with E-state index in [0.717, 1.165) is 12.8 Å². The normalized spacial score (nSPS) is 13.4. The molecule has 0 atom stereocenters. The molecule has 1 heterocycles. The minimum absolute atomic E-state index is 0.0526. The molecule has 0 aliphatic carbocycles. The Morgan fingerprint density at radius 1 is 1.22 bits per heavy atom. The van der Waals surface area contributed by atoms with Crippen molar-refractivity contribution in [3.8, 4) is 0 Å². The Hall–Kier alpha value is -2.61. The van der Waals surface area contributed by atoms with Crippen molar-refractivity contribution in [1.82, 2.24) is 10.6 Å². The predicted molar refractivity (Wildman–Crippen MR) is 99.6 cm³/mol. The zero-order valence-electron chi connectivity index (χ0n) is 15.0. The monoisotopic (exact) mass is 395 g/mol. The number of carbonyl (C=O) groups excluding carboxylic acids is 4. The van der Waals surface area contributed by atoms with Gasteiger partial charge in [0.05, 0.1) is 22.8 Å². The van der Waals surface area contributed by atoms with Crippen LogP contribution >= 0.6 is 11.6 Å². The highest BCUT2D eigenvalue weighted by molar-refractivity contribution is 6.34. The van der Waals surface area contributed by atoms with E-state index in [1.165, 1.54) is 23.1 Å². The highest BCUT2D eigenvalue weighted by Gasteiger charge is 2.24. The molecule has 27 heavy (non-hydrogen) atoms. The van der Waals surface area contributed by atoms with Crippen LogP contribution in [0.25, 0.3) is 0 Å². The molecule has 1 fully saturated rings. The van der Waals surface area contributed by atoms with Gasteiger partial charge >= 0.3 is 5.97 Å². The number of halogens is 1. The summed E-state index contributed by atoms with van der Waals surface area (Å²) in [5, 5.41) is 5.34. The lowest BCUT2D eigenvalue weighted by Gasteiger charge is -2.18. The third-order valence-electron chi connectivity index (χ3n) is 3.90. The fourth-order valence-electron chi connectivity index (χ4n) is 2.52. The molecule has 1 aliphatic rings. The second kappa shape index (κ2) is 9.91. The molecule has 0 saturated carbocycles. The summed E-state index contributed by atoms with van der Waals surface area (Å²) >= 11 is 6.13. The third-order valence-corrected chi connectivity index (χ3v) is 4.22. The summed E-state index contributed by atoms with van der Waals surface area (Å²) in [6, 6.07) is 4.45. The fraction of sp³-hybridized carbons (Fsp3) is 0.444. The summed E-state index contributed by atoms with van der Waals surface area (Å²) in [6.07, 6.45) is 1.97. The van der Waals surface area contributed by atoms with Crippen LogP contribution in [0.15, 0.2) is 18.2 Å². The number of ether oxygens (including phenoxy) is 1. The molecule has 3 amide bonds. The summed E-state index contributed by atoms with van der Waals surface area (Å²) in [7, 11) is 0. The van der Waals surface area contributed by atoms with Gasteiger partial charge in [0.1, 0.15) is 0 Å². The van der Waals surface area contributed by atoms with E-state index in [1.54, 1.807) is 0 Å². The maximum atomic E-state index is 12.2. The van der Waals surface area contributed by atoms with E-state index in [2.05, 4.69) is 10.6 Å². The molecule has 0 unspecified atom stereocenters. The Bertz CT molecular complexity index is 738. The number of hydrogen-bond donors (Lipinski definition) is 2. The number of benzene rings is 1. The van der Waals surface area contributed by atoms with Gasteiger partial charge in [0.25, 0.3) is 5.91 Å². The van der Waals surface area contributed by atoms with E-state index in [0.29, 0.717) is 30.2 Å². The first kappa shape index (κ1) is 20.7. The van der Waals surface area contributed by atoms with Crippen molar-refractivity contribution in [1.29, 1.82) is 0 Å². The molecular formula is C18H22ClN3O5. The van der Waals surface area contributed by atoms with Crippen LogP contribution < -0.4 is 15.5 Å². The summed E-state index contributed by atoms with van der Waals surface area (Å²) in [4.78, 5) is 48.7. The van der Waals surface area contributed by atoms with E-state index in [9.17, 15) is 19.2 Å². The first-order valence-electron chi connectivity index (χ1n) is 8.72. The zero-order chi connectivity index (χ0) is 19.8. The van der Waals surface area contributed by atoms with Crippen LogP contribution in [0.4, 0.5) is 5.69 Å². The van der Waals surface area contributed by atoms with Gasteiger partial charge in [0.15, 0.2) is 6.61 Å². The second-order valence-electron chi connectivity index (χ2n) is 6.02. The molecule has 2 rings (SSSR count). The lowest BCUT2D eigenvalue weighted by molar-refractivity contribution is -0.127. The summed E-state index contributed by atoms with van der Waals surface area (Å²) in [6.45, 7) is 2.29. The summed E-state index contributed by atoms with van der Waals surface area (Å²) in [5.74, 6) is -1.67. The Morgan fingerprint density at radius 2 is 2.00 bits per heavy atom. The molecular weight excluding hydrogens is 374 g/mol. The molecule has 0 aromatic heterocycles. The fourth-order valence-corrected chi connectivity index (χ4v) is 2.74. The van der Waals surface area contributed by atoms with Gasteiger partial charge < -0.3 is 20.3 Å². The maximum Gasteiger partial charge on any atom is 0.338 e. The van der Waals surface area contributed by atoms with Crippen molar-refractivity contribution in [2.75, 3.05) is 31.1 Å². The van der Waals surface area contributed by atoms with Crippen molar-refractivity contribution in [2.45, 2.75) is 26.2 Å². The summed E-state index contributed by atoms with van der Waals surface area (Å²) in [5.41, 5.74) is 0.633. The number of hydrogen-bond acceptors (Lipinski definition) is 5. The third kappa shape index (κ3) is 5.96. The van der Waals surface area contributed by atoms with Crippen LogP contribution in [-0.2, 0) is 19.1 Å². The van der Waals surface area contributed by atoms with Crippen LogP contribution in [0.1, 0.15) is 36.5 Å². The molecule has 2 N–H and O–H groups in total. The first-order chi connectivity index (χ1) is 12.9. The average molecular weight is 396 g/mol. The number of nitrogens with zero attached hydrogens (tertiary/aromatic N) is 1. The van der Waals surface area contributed by atoms with Crippen LogP contribution in [-0.4, -0.2) is 49.9 Å². The topological polar surface area (TPSA) is 105 Å². The van der Waals surface area contributed by atoms with Crippen LogP contribution in [0, 0.1) is 0 Å².